The predicted octanol–water partition coefficient (Wildman–Crippen LogP) is 5.45. The lowest BCUT2D eigenvalue weighted by molar-refractivity contribution is -0.138. The number of alkyl halides is 3. The minimum absolute atomic E-state index is 0.0865. The molecule has 0 N–H and O–H groups in total. The molecule has 0 unspecified atom stereocenters. The molecule has 1 heterocycles. The Bertz CT molecular complexity index is 1250. The van der Waals surface area contributed by atoms with Crippen LogP contribution in [-0.4, -0.2) is 19.4 Å². The standard InChI is InChI=1S/C21H15ClF3NO5S/c1-13(27)30-16-8-14(21(23,24)25)9-17(10-16)31-20-6-5-18(11-19(20)22)32(28,29)12-15-4-2-3-7-26-15/h2-11H,12H2,1H3. The summed E-state index contributed by atoms with van der Waals surface area (Å²) in [5.74, 6) is -1.92. The van der Waals surface area contributed by atoms with Gasteiger partial charge in [-0.05, 0) is 42.5 Å². The molecule has 0 bridgehead atoms. The monoisotopic (exact) mass is 485 g/mol. The molecule has 0 saturated carbocycles. The molecule has 0 atom stereocenters. The van der Waals surface area contributed by atoms with Crippen molar-refractivity contribution >= 4 is 27.4 Å². The van der Waals surface area contributed by atoms with Gasteiger partial charge >= 0.3 is 12.1 Å². The number of ether oxygens (including phenoxy) is 2. The molecule has 1 aromatic heterocycles. The number of hydrogen-bond donors (Lipinski definition) is 0. The summed E-state index contributed by atoms with van der Waals surface area (Å²) in [6, 6.07) is 10.9. The topological polar surface area (TPSA) is 82.6 Å². The van der Waals surface area contributed by atoms with E-state index in [1.165, 1.54) is 18.3 Å². The van der Waals surface area contributed by atoms with Crippen molar-refractivity contribution in [1.82, 2.24) is 4.98 Å². The van der Waals surface area contributed by atoms with E-state index in [1.807, 2.05) is 0 Å². The van der Waals surface area contributed by atoms with Crippen molar-refractivity contribution in [1.29, 1.82) is 0 Å². The van der Waals surface area contributed by atoms with E-state index in [1.54, 1.807) is 18.2 Å². The molecule has 0 amide bonds. The van der Waals surface area contributed by atoms with Crippen LogP contribution in [0.3, 0.4) is 0 Å². The van der Waals surface area contributed by atoms with Crippen LogP contribution in [0.15, 0.2) is 65.7 Å². The maximum absolute atomic E-state index is 13.2. The van der Waals surface area contributed by atoms with Crippen LogP contribution in [0.1, 0.15) is 18.2 Å². The van der Waals surface area contributed by atoms with Crippen molar-refractivity contribution in [2.24, 2.45) is 0 Å². The number of pyridine rings is 1. The van der Waals surface area contributed by atoms with Gasteiger partial charge in [0.15, 0.2) is 9.84 Å². The number of rotatable bonds is 6. The second kappa shape index (κ2) is 9.17. The highest BCUT2D eigenvalue weighted by Crippen LogP contribution is 2.38. The van der Waals surface area contributed by atoms with Gasteiger partial charge in [0, 0.05) is 19.2 Å². The summed E-state index contributed by atoms with van der Waals surface area (Å²) in [6.07, 6.45) is -3.25. The van der Waals surface area contributed by atoms with Gasteiger partial charge in [-0.3, -0.25) is 9.78 Å². The molecular formula is C21H15ClF3NO5S. The molecule has 2 aromatic carbocycles. The van der Waals surface area contributed by atoms with Crippen LogP contribution in [0.25, 0.3) is 0 Å². The Kier molecular flexibility index (Phi) is 6.75. The van der Waals surface area contributed by atoms with Crippen LogP contribution in [0, 0.1) is 0 Å². The summed E-state index contributed by atoms with van der Waals surface area (Å²) in [5, 5.41) is -0.140. The quantitative estimate of drug-likeness (QED) is 0.341. The molecule has 32 heavy (non-hydrogen) atoms. The van der Waals surface area contributed by atoms with Gasteiger partial charge in [-0.15, -0.1) is 0 Å². The Morgan fingerprint density at radius 3 is 2.38 bits per heavy atom. The fourth-order valence-corrected chi connectivity index (χ4v) is 4.25. The lowest BCUT2D eigenvalue weighted by Gasteiger charge is -2.14. The minimum atomic E-state index is -4.72. The zero-order chi connectivity index (χ0) is 23.5. The van der Waals surface area contributed by atoms with Gasteiger partial charge < -0.3 is 9.47 Å². The number of esters is 1. The molecule has 3 rings (SSSR count). The Morgan fingerprint density at radius 2 is 1.78 bits per heavy atom. The molecular weight excluding hydrogens is 471 g/mol. The molecule has 0 aliphatic heterocycles. The summed E-state index contributed by atoms with van der Waals surface area (Å²) in [4.78, 5) is 15.0. The van der Waals surface area contributed by atoms with Crippen LogP contribution in [-0.2, 0) is 26.6 Å². The van der Waals surface area contributed by atoms with E-state index >= 15 is 0 Å². The average Bonchev–Trinajstić information content (AvgIpc) is 2.68. The number of carbonyl (C=O) groups excluding carboxylic acids is 1. The number of hydrogen-bond acceptors (Lipinski definition) is 6. The van der Waals surface area contributed by atoms with E-state index in [4.69, 9.17) is 21.1 Å². The fraction of sp³-hybridized carbons (Fsp3) is 0.143. The van der Waals surface area contributed by atoms with Gasteiger partial charge in [-0.2, -0.15) is 13.2 Å². The maximum atomic E-state index is 13.2. The number of halogens is 4. The lowest BCUT2D eigenvalue weighted by atomic mass is 10.2. The first-order valence-corrected chi connectivity index (χ1v) is 11.0. The molecule has 0 saturated heterocycles. The Labute approximate surface area is 186 Å². The smallest absolute Gasteiger partial charge is 0.416 e. The highest BCUT2D eigenvalue weighted by Gasteiger charge is 2.32. The van der Waals surface area contributed by atoms with Crippen molar-refractivity contribution in [3.8, 4) is 17.2 Å². The van der Waals surface area contributed by atoms with Crippen molar-refractivity contribution in [2.45, 2.75) is 23.7 Å². The van der Waals surface area contributed by atoms with E-state index in [-0.39, 0.29) is 32.9 Å². The molecule has 0 radical (unpaired) electrons. The molecule has 11 heteroatoms. The summed E-state index contributed by atoms with van der Waals surface area (Å²) >= 11 is 6.13. The number of benzene rings is 2. The van der Waals surface area contributed by atoms with Gasteiger partial charge in [-0.1, -0.05) is 17.7 Å². The number of carbonyl (C=O) groups is 1. The molecule has 168 valence electrons. The Balaban J connectivity index is 1.89. The van der Waals surface area contributed by atoms with Gasteiger partial charge in [0.25, 0.3) is 0 Å². The average molecular weight is 486 g/mol. The van der Waals surface area contributed by atoms with Crippen molar-refractivity contribution in [3.05, 3.63) is 77.1 Å². The van der Waals surface area contributed by atoms with E-state index < -0.39 is 27.5 Å². The SMILES string of the molecule is CC(=O)Oc1cc(Oc2ccc(S(=O)(=O)Cc3ccccn3)cc2Cl)cc(C(F)(F)F)c1. The van der Waals surface area contributed by atoms with Gasteiger partial charge in [0.1, 0.15) is 17.2 Å². The zero-order valence-electron chi connectivity index (χ0n) is 16.4. The second-order valence-corrected chi connectivity index (χ2v) is 8.96. The molecule has 0 aliphatic rings. The third kappa shape index (κ3) is 5.98. The highest BCUT2D eigenvalue weighted by molar-refractivity contribution is 7.90. The first kappa shape index (κ1) is 23.6. The third-order valence-corrected chi connectivity index (χ3v) is 5.97. The van der Waals surface area contributed by atoms with Gasteiger partial charge in [0.2, 0.25) is 0 Å². The van der Waals surface area contributed by atoms with Crippen LogP contribution in [0.2, 0.25) is 5.02 Å². The highest BCUT2D eigenvalue weighted by atomic mass is 35.5. The van der Waals surface area contributed by atoms with Crippen molar-refractivity contribution in [3.63, 3.8) is 0 Å². The lowest BCUT2D eigenvalue weighted by Crippen LogP contribution is -2.08. The molecule has 0 aliphatic carbocycles. The van der Waals surface area contributed by atoms with Gasteiger partial charge in [-0.25, -0.2) is 8.42 Å². The minimum Gasteiger partial charge on any atom is -0.456 e. The van der Waals surface area contributed by atoms with Gasteiger partial charge in [0.05, 0.1) is 26.9 Å². The molecule has 0 fully saturated rings. The Morgan fingerprint density at radius 1 is 1.06 bits per heavy atom. The van der Waals surface area contributed by atoms with E-state index in [9.17, 15) is 26.4 Å². The molecule has 0 spiro atoms. The summed E-state index contributed by atoms with van der Waals surface area (Å²) in [5.41, 5.74) is -0.761. The third-order valence-electron chi connectivity index (χ3n) is 4.02. The van der Waals surface area contributed by atoms with E-state index in [0.717, 1.165) is 19.1 Å². The van der Waals surface area contributed by atoms with Crippen molar-refractivity contribution < 1.29 is 35.9 Å². The second-order valence-electron chi connectivity index (χ2n) is 6.56. The number of nitrogens with zero attached hydrogens (tertiary/aromatic N) is 1. The summed E-state index contributed by atoms with van der Waals surface area (Å²) < 4.78 is 74.9. The molecule has 3 aromatic rings. The fourth-order valence-electron chi connectivity index (χ4n) is 2.67. The summed E-state index contributed by atoms with van der Waals surface area (Å²) in [7, 11) is -3.78. The van der Waals surface area contributed by atoms with Crippen LogP contribution < -0.4 is 9.47 Å². The maximum Gasteiger partial charge on any atom is 0.416 e. The number of aromatic nitrogens is 1. The summed E-state index contributed by atoms with van der Waals surface area (Å²) in [6.45, 7) is 1.04. The Hall–Kier alpha value is -3.11. The molecule has 6 nitrogen and oxygen atoms in total. The van der Waals surface area contributed by atoms with Crippen LogP contribution in [0.5, 0.6) is 17.2 Å². The van der Waals surface area contributed by atoms with E-state index in [0.29, 0.717) is 17.8 Å². The predicted molar refractivity (Wildman–Crippen MR) is 109 cm³/mol. The zero-order valence-corrected chi connectivity index (χ0v) is 18.0. The first-order valence-electron chi connectivity index (χ1n) is 8.95. The van der Waals surface area contributed by atoms with E-state index in [2.05, 4.69) is 4.98 Å². The first-order chi connectivity index (χ1) is 14.9. The normalized spacial score (nSPS) is 11.8. The number of sulfone groups is 1. The largest absolute Gasteiger partial charge is 0.456 e. The van der Waals surface area contributed by atoms with Crippen LogP contribution >= 0.6 is 11.6 Å². The van der Waals surface area contributed by atoms with Crippen LogP contribution in [0.4, 0.5) is 13.2 Å². The van der Waals surface area contributed by atoms with Crippen molar-refractivity contribution in [2.75, 3.05) is 0 Å².